The van der Waals surface area contributed by atoms with Crippen molar-refractivity contribution < 1.29 is 4.79 Å². The van der Waals surface area contributed by atoms with Crippen LogP contribution >= 0.6 is 0 Å². The molecule has 1 atom stereocenters. The van der Waals surface area contributed by atoms with Gasteiger partial charge in [-0.2, -0.15) is 15.0 Å². The van der Waals surface area contributed by atoms with Crippen LogP contribution in [0.3, 0.4) is 0 Å². The van der Waals surface area contributed by atoms with Crippen molar-refractivity contribution in [3.63, 3.8) is 0 Å². The monoisotopic (exact) mass is 277 g/mol. The van der Waals surface area contributed by atoms with Gasteiger partial charge < -0.3 is 4.79 Å². The molecule has 21 heavy (non-hydrogen) atoms. The molecule has 4 heteroatoms. The van der Waals surface area contributed by atoms with Crippen LogP contribution in [0.1, 0.15) is 18.0 Å². The number of hydrogen-bond acceptors (Lipinski definition) is 3. The molecule has 4 nitrogen and oxygen atoms in total. The van der Waals surface area contributed by atoms with Crippen molar-refractivity contribution in [1.29, 1.82) is 0 Å². The standard InChI is InChI=1S/C17H15N3O/c21-12-11-17(15-9-5-2-6-10-15)20-18-13-16(19-20)14-7-3-1-4-8-14/h1-10,12-13,17H,11H2. The van der Waals surface area contributed by atoms with Gasteiger partial charge in [0.1, 0.15) is 18.0 Å². The van der Waals surface area contributed by atoms with Crippen LogP contribution in [0.2, 0.25) is 0 Å². The van der Waals surface area contributed by atoms with E-state index < -0.39 is 0 Å². The van der Waals surface area contributed by atoms with Crippen molar-refractivity contribution in [3.8, 4) is 11.3 Å². The number of carbonyl (C=O) groups excluding carboxylic acids is 1. The predicted molar refractivity (Wildman–Crippen MR) is 80.7 cm³/mol. The Bertz CT molecular complexity index is 707. The third-order valence-electron chi connectivity index (χ3n) is 3.36. The van der Waals surface area contributed by atoms with E-state index in [1.807, 2.05) is 60.7 Å². The van der Waals surface area contributed by atoms with Gasteiger partial charge in [0.25, 0.3) is 0 Å². The fourth-order valence-electron chi connectivity index (χ4n) is 2.30. The normalized spacial score (nSPS) is 12.0. The molecular weight excluding hydrogens is 262 g/mol. The van der Waals surface area contributed by atoms with E-state index in [0.29, 0.717) is 6.42 Å². The number of nitrogens with zero attached hydrogens (tertiary/aromatic N) is 3. The molecule has 0 fully saturated rings. The van der Waals surface area contributed by atoms with Gasteiger partial charge in [-0.05, 0) is 5.56 Å². The second-order valence-corrected chi connectivity index (χ2v) is 4.75. The predicted octanol–water partition coefficient (Wildman–Crippen LogP) is 3.12. The zero-order chi connectivity index (χ0) is 14.5. The Hall–Kier alpha value is -2.75. The second kappa shape index (κ2) is 6.13. The molecule has 1 unspecified atom stereocenters. The van der Waals surface area contributed by atoms with Crippen LogP contribution in [0.25, 0.3) is 11.3 Å². The molecule has 104 valence electrons. The summed E-state index contributed by atoms with van der Waals surface area (Å²) in [6.07, 6.45) is 2.99. The molecule has 1 aromatic heterocycles. The van der Waals surface area contributed by atoms with E-state index in [-0.39, 0.29) is 6.04 Å². The van der Waals surface area contributed by atoms with Crippen LogP contribution in [-0.2, 0) is 4.79 Å². The first-order chi connectivity index (χ1) is 10.4. The first-order valence-corrected chi connectivity index (χ1v) is 6.84. The fraction of sp³-hybridized carbons (Fsp3) is 0.118. The SMILES string of the molecule is O=CCC(c1ccccc1)n1ncc(-c2ccccc2)n1. The Labute approximate surface area is 123 Å². The summed E-state index contributed by atoms with van der Waals surface area (Å²) < 4.78 is 0. The highest BCUT2D eigenvalue weighted by atomic mass is 16.1. The van der Waals surface area contributed by atoms with E-state index in [4.69, 9.17) is 0 Å². The molecule has 3 aromatic rings. The Morgan fingerprint density at radius 2 is 1.67 bits per heavy atom. The highest BCUT2D eigenvalue weighted by Gasteiger charge is 2.16. The second-order valence-electron chi connectivity index (χ2n) is 4.75. The Morgan fingerprint density at radius 3 is 2.33 bits per heavy atom. The minimum absolute atomic E-state index is 0.166. The van der Waals surface area contributed by atoms with Gasteiger partial charge in [-0.3, -0.25) is 0 Å². The van der Waals surface area contributed by atoms with Gasteiger partial charge in [-0.25, -0.2) is 0 Å². The van der Waals surface area contributed by atoms with Crippen LogP contribution < -0.4 is 0 Å². The van der Waals surface area contributed by atoms with Gasteiger partial charge in [-0.15, -0.1) is 0 Å². The van der Waals surface area contributed by atoms with Crippen molar-refractivity contribution in [2.24, 2.45) is 0 Å². The van der Waals surface area contributed by atoms with E-state index >= 15 is 0 Å². The summed E-state index contributed by atoms with van der Waals surface area (Å²) in [5, 5.41) is 8.86. The molecule has 1 heterocycles. The van der Waals surface area contributed by atoms with Crippen LogP contribution in [0.4, 0.5) is 0 Å². The Morgan fingerprint density at radius 1 is 1.00 bits per heavy atom. The number of aromatic nitrogens is 3. The quantitative estimate of drug-likeness (QED) is 0.673. The zero-order valence-electron chi connectivity index (χ0n) is 11.5. The molecule has 0 bridgehead atoms. The topological polar surface area (TPSA) is 47.8 Å². The fourth-order valence-corrected chi connectivity index (χ4v) is 2.30. The number of rotatable bonds is 5. The minimum Gasteiger partial charge on any atom is -0.303 e. The highest BCUT2D eigenvalue weighted by molar-refractivity contribution is 5.57. The molecule has 0 N–H and O–H groups in total. The Balaban J connectivity index is 1.94. The third-order valence-corrected chi connectivity index (χ3v) is 3.36. The summed E-state index contributed by atoms with van der Waals surface area (Å²) >= 11 is 0. The first-order valence-electron chi connectivity index (χ1n) is 6.84. The summed E-state index contributed by atoms with van der Waals surface area (Å²) in [5.74, 6) is 0. The van der Waals surface area contributed by atoms with Crippen molar-refractivity contribution >= 4 is 6.29 Å². The molecule has 0 aliphatic rings. The summed E-state index contributed by atoms with van der Waals surface area (Å²) in [6.45, 7) is 0. The van der Waals surface area contributed by atoms with Gasteiger partial charge in [0.15, 0.2) is 0 Å². The smallest absolute Gasteiger partial charge is 0.122 e. The maximum absolute atomic E-state index is 11.0. The van der Waals surface area contributed by atoms with Crippen molar-refractivity contribution in [3.05, 3.63) is 72.4 Å². The summed E-state index contributed by atoms with van der Waals surface area (Å²) in [4.78, 5) is 12.6. The largest absolute Gasteiger partial charge is 0.303 e. The highest BCUT2D eigenvalue weighted by Crippen LogP contribution is 2.22. The molecule has 3 rings (SSSR count). The van der Waals surface area contributed by atoms with Crippen LogP contribution in [-0.4, -0.2) is 21.3 Å². The molecule has 0 radical (unpaired) electrons. The summed E-state index contributed by atoms with van der Waals surface area (Å²) in [6, 6.07) is 19.5. The van der Waals surface area contributed by atoms with Gasteiger partial charge in [0.05, 0.1) is 6.20 Å². The van der Waals surface area contributed by atoms with Crippen LogP contribution in [0, 0.1) is 0 Å². The lowest BCUT2D eigenvalue weighted by Gasteiger charge is -2.13. The number of hydrogen-bond donors (Lipinski definition) is 0. The molecule has 0 spiro atoms. The lowest BCUT2D eigenvalue weighted by molar-refractivity contribution is -0.108. The summed E-state index contributed by atoms with van der Waals surface area (Å²) in [5.41, 5.74) is 2.85. The van der Waals surface area contributed by atoms with Crippen LogP contribution in [0.5, 0.6) is 0 Å². The van der Waals surface area contributed by atoms with Crippen LogP contribution in [0.15, 0.2) is 66.9 Å². The van der Waals surface area contributed by atoms with Crippen molar-refractivity contribution in [2.75, 3.05) is 0 Å². The molecule has 0 aliphatic carbocycles. The first kappa shape index (κ1) is 13.2. The molecule has 0 saturated heterocycles. The van der Waals surface area contributed by atoms with E-state index in [1.165, 1.54) is 0 Å². The lowest BCUT2D eigenvalue weighted by Crippen LogP contribution is -2.14. The van der Waals surface area contributed by atoms with Crippen molar-refractivity contribution in [1.82, 2.24) is 15.0 Å². The maximum atomic E-state index is 11.0. The minimum atomic E-state index is -0.166. The van der Waals surface area contributed by atoms with E-state index in [0.717, 1.165) is 23.1 Å². The molecule has 2 aromatic carbocycles. The average molecular weight is 277 g/mol. The molecule has 0 amide bonds. The van der Waals surface area contributed by atoms with Gasteiger partial charge in [0, 0.05) is 12.0 Å². The third kappa shape index (κ3) is 2.89. The van der Waals surface area contributed by atoms with Gasteiger partial charge in [0.2, 0.25) is 0 Å². The molecule has 0 saturated carbocycles. The number of carbonyl (C=O) groups is 1. The van der Waals surface area contributed by atoms with E-state index in [1.54, 1.807) is 11.0 Å². The zero-order valence-corrected chi connectivity index (χ0v) is 11.5. The molecule has 0 aliphatic heterocycles. The average Bonchev–Trinajstić information content (AvgIpc) is 3.04. The summed E-state index contributed by atoms with van der Waals surface area (Å²) in [7, 11) is 0. The Kier molecular flexibility index (Phi) is 3.87. The van der Waals surface area contributed by atoms with E-state index in [9.17, 15) is 4.79 Å². The number of benzene rings is 2. The lowest BCUT2D eigenvalue weighted by atomic mass is 10.1. The molecular formula is C17H15N3O. The van der Waals surface area contributed by atoms with Gasteiger partial charge >= 0.3 is 0 Å². The maximum Gasteiger partial charge on any atom is 0.122 e. The van der Waals surface area contributed by atoms with Gasteiger partial charge in [-0.1, -0.05) is 60.7 Å². The van der Waals surface area contributed by atoms with Crippen molar-refractivity contribution in [2.45, 2.75) is 12.5 Å². The van der Waals surface area contributed by atoms with E-state index in [2.05, 4.69) is 10.2 Å². The number of aldehydes is 1.